The van der Waals surface area contributed by atoms with Crippen molar-refractivity contribution in [1.29, 1.82) is 0 Å². The maximum Gasteiger partial charge on any atom is 0.216 e. The van der Waals surface area contributed by atoms with Crippen LogP contribution in [0.25, 0.3) is 0 Å². The third kappa shape index (κ3) is 3.46. The third-order valence-electron chi connectivity index (χ3n) is 3.58. The molecule has 2 rings (SSSR count). The first-order valence-electron chi connectivity index (χ1n) is 6.28. The summed E-state index contributed by atoms with van der Waals surface area (Å²) in [4.78, 5) is 0. The Morgan fingerprint density at radius 2 is 2.26 bits per heavy atom. The molecule has 1 fully saturated rings. The van der Waals surface area contributed by atoms with Crippen molar-refractivity contribution in [3.63, 3.8) is 0 Å². The van der Waals surface area contributed by atoms with Gasteiger partial charge in [-0.1, -0.05) is 12.1 Å². The molecule has 2 atom stereocenters. The van der Waals surface area contributed by atoms with Gasteiger partial charge in [0.15, 0.2) is 0 Å². The van der Waals surface area contributed by atoms with Crippen molar-refractivity contribution in [2.24, 2.45) is 0 Å². The Morgan fingerprint density at radius 3 is 2.84 bits per heavy atom. The van der Waals surface area contributed by atoms with Gasteiger partial charge in [-0.3, -0.25) is 0 Å². The zero-order chi connectivity index (χ0) is 14.1. The highest BCUT2D eigenvalue weighted by Crippen LogP contribution is 2.26. The number of nitrogens with one attached hydrogen (secondary N) is 1. The van der Waals surface area contributed by atoms with Crippen LogP contribution in [0.2, 0.25) is 0 Å². The van der Waals surface area contributed by atoms with Crippen LogP contribution in [0, 0.1) is 0 Å². The van der Waals surface area contributed by atoms with E-state index in [9.17, 15) is 8.42 Å². The van der Waals surface area contributed by atoms with Crippen LogP contribution in [0.3, 0.4) is 0 Å². The Bertz CT molecular complexity index is 559. The summed E-state index contributed by atoms with van der Waals surface area (Å²) in [6, 6.07) is 6.92. The van der Waals surface area contributed by atoms with E-state index >= 15 is 0 Å². The SMILES string of the molecule is CC1OCCC1(C)NS(=O)(=O)Cc1cccc(N)c1. The molecule has 5 nitrogen and oxygen atoms in total. The fraction of sp³-hybridized carbons (Fsp3) is 0.538. The molecule has 2 unspecified atom stereocenters. The minimum atomic E-state index is -3.41. The second kappa shape index (κ2) is 5.11. The van der Waals surface area contributed by atoms with E-state index in [2.05, 4.69) is 4.72 Å². The van der Waals surface area contributed by atoms with Crippen molar-refractivity contribution < 1.29 is 13.2 Å². The number of benzene rings is 1. The largest absolute Gasteiger partial charge is 0.399 e. The predicted octanol–water partition coefficient (Wildman–Crippen LogP) is 1.26. The average molecular weight is 284 g/mol. The smallest absolute Gasteiger partial charge is 0.216 e. The summed E-state index contributed by atoms with van der Waals surface area (Å²) in [6.07, 6.45) is 0.563. The van der Waals surface area contributed by atoms with Crippen molar-refractivity contribution in [3.05, 3.63) is 29.8 Å². The van der Waals surface area contributed by atoms with E-state index in [0.717, 1.165) is 0 Å². The molecule has 1 aromatic carbocycles. The van der Waals surface area contributed by atoms with Gasteiger partial charge in [0.25, 0.3) is 0 Å². The predicted molar refractivity (Wildman–Crippen MR) is 75.0 cm³/mol. The maximum atomic E-state index is 12.2. The molecule has 1 aliphatic heterocycles. The minimum absolute atomic E-state index is 0.0691. The number of anilines is 1. The van der Waals surface area contributed by atoms with Crippen LogP contribution in [-0.2, 0) is 20.5 Å². The lowest BCUT2D eigenvalue weighted by Gasteiger charge is -2.28. The van der Waals surface area contributed by atoms with E-state index in [1.807, 2.05) is 13.8 Å². The molecule has 0 radical (unpaired) electrons. The summed E-state index contributed by atoms with van der Waals surface area (Å²) in [5.41, 5.74) is 6.37. The van der Waals surface area contributed by atoms with Crippen LogP contribution in [0.5, 0.6) is 0 Å². The summed E-state index contributed by atoms with van der Waals surface area (Å²) in [7, 11) is -3.41. The van der Waals surface area contributed by atoms with Gasteiger partial charge in [-0.15, -0.1) is 0 Å². The van der Waals surface area contributed by atoms with Crippen molar-refractivity contribution in [1.82, 2.24) is 4.72 Å². The van der Waals surface area contributed by atoms with Crippen molar-refractivity contribution in [2.45, 2.75) is 37.7 Å². The quantitative estimate of drug-likeness (QED) is 0.815. The zero-order valence-corrected chi connectivity index (χ0v) is 12.0. The first-order chi connectivity index (χ1) is 8.81. The Kier molecular flexibility index (Phi) is 3.85. The van der Waals surface area contributed by atoms with E-state index in [-0.39, 0.29) is 11.9 Å². The lowest BCUT2D eigenvalue weighted by Crippen LogP contribution is -2.50. The zero-order valence-electron chi connectivity index (χ0n) is 11.2. The molecule has 0 aromatic heterocycles. The molecule has 0 saturated carbocycles. The van der Waals surface area contributed by atoms with Gasteiger partial charge in [-0.05, 0) is 38.0 Å². The molecule has 1 heterocycles. The van der Waals surface area contributed by atoms with Crippen LogP contribution in [0.4, 0.5) is 5.69 Å². The number of rotatable bonds is 4. The summed E-state index contributed by atoms with van der Waals surface area (Å²) >= 11 is 0. The van der Waals surface area contributed by atoms with Crippen LogP contribution in [-0.4, -0.2) is 26.7 Å². The third-order valence-corrected chi connectivity index (χ3v) is 5.07. The molecule has 1 saturated heterocycles. The van der Waals surface area contributed by atoms with E-state index in [1.54, 1.807) is 24.3 Å². The van der Waals surface area contributed by atoms with Crippen LogP contribution < -0.4 is 10.5 Å². The Labute approximate surface area is 114 Å². The minimum Gasteiger partial charge on any atom is -0.399 e. The summed E-state index contributed by atoms with van der Waals surface area (Å²) in [5, 5.41) is 0. The lowest BCUT2D eigenvalue weighted by atomic mass is 9.97. The number of nitrogen functional groups attached to an aromatic ring is 1. The highest BCUT2D eigenvalue weighted by atomic mass is 32.2. The van der Waals surface area contributed by atoms with Crippen molar-refractivity contribution in [3.8, 4) is 0 Å². The highest BCUT2D eigenvalue weighted by molar-refractivity contribution is 7.88. The Hall–Kier alpha value is -1.11. The van der Waals surface area contributed by atoms with Gasteiger partial charge in [0.2, 0.25) is 10.0 Å². The standard InChI is InChI=1S/C13H20N2O3S/c1-10-13(2,6-7-18-10)15-19(16,17)9-11-4-3-5-12(14)8-11/h3-5,8,10,15H,6-7,9,14H2,1-2H3. The lowest BCUT2D eigenvalue weighted by molar-refractivity contribution is 0.0957. The van der Waals surface area contributed by atoms with Gasteiger partial charge in [-0.2, -0.15) is 0 Å². The van der Waals surface area contributed by atoms with Gasteiger partial charge in [0.1, 0.15) is 0 Å². The molecule has 0 aliphatic carbocycles. The first-order valence-corrected chi connectivity index (χ1v) is 7.94. The van der Waals surface area contributed by atoms with E-state index in [4.69, 9.17) is 10.5 Å². The molecule has 3 N–H and O–H groups in total. The Balaban J connectivity index is 2.11. The number of sulfonamides is 1. The molecule has 0 spiro atoms. The van der Waals surface area contributed by atoms with Crippen LogP contribution in [0.15, 0.2) is 24.3 Å². The molecule has 6 heteroatoms. The van der Waals surface area contributed by atoms with Gasteiger partial charge in [-0.25, -0.2) is 13.1 Å². The molecule has 19 heavy (non-hydrogen) atoms. The topological polar surface area (TPSA) is 81.4 Å². The fourth-order valence-corrected chi connectivity index (χ4v) is 3.93. The fourth-order valence-electron chi connectivity index (χ4n) is 2.26. The van der Waals surface area contributed by atoms with Crippen LogP contribution >= 0.6 is 0 Å². The summed E-state index contributed by atoms with van der Waals surface area (Å²) in [5.74, 6) is -0.0691. The van der Waals surface area contributed by atoms with Gasteiger partial charge < -0.3 is 10.5 Å². The van der Waals surface area contributed by atoms with Gasteiger partial charge >= 0.3 is 0 Å². The average Bonchev–Trinajstić information content (AvgIpc) is 2.56. The van der Waals surface area contributed by atoms with Crippen molar-refractivity contribution in [2.75, 3.05) is 12.3 Å². The number of nitrogens with two attached hydrogens (primary N) is 1. The second-order valence-corrected chi connectivity index (χ2v) is 7.01. The number of hydrogen-bond acceptors (Lipinski definition) is 4. The van der Waals surface area contributed by atoms with Crippen LogP contribution in [0.1, 0.15) is 25.8 Å². The van der Waals surface area contributed by atoms with Gasteiger partial charge in [0, 0.05) is 12.3 Å². The second-order valence-electron chi connectivity index (χ2n) is 5.29. The highest BCUT2D eigenvalue weighted by Gasteiger charge is 2.40. The molecule has 0 amide bonds. The molecule has 1 aromatic rings. The Morgan fingerprint density at radius 1 is 1.53 bits per heavy atom. The first kappa shape index (κ1) is 14.3. The van der Waals surface area contributed by atoms with Crippen molar-refractivity contribution >= 4 is 15.7 Å². The summed E-state index contributed by atoms with van der Waals surface area (Å²) < 4.78 is 32.6. The van der Waals surface area contributed by atoms with E-state index in [0.29, 0.717) is 24.3 Å². The number of ether oxygens (including phenoxy) is 1. The van der Waals surface area contributed by atoms with Gasteiger partial charge in [0.05, 0.1) is 17.4 Å². The maximum absolute atomic E-state index is 12.2. The molecule has 106 valence electrons. The van der Waals surface area contributed by atoms with E-state index in [1.165, 1.54) is 0 Å². The molecular formula is C13H20N2O3S. The number of hydrogen-bond donors (Lipinski definition) is 2. The molecule has 0 bridgehead atoms. The molecule has 1 aliphatic rings. The monoisotopic (exact) mass is 284 g/mol. The van der Waals surface area contributed by atoms with E-state index < -0.39 is 15.6 Å². The summed E-state index contributed by atoms with van der Waals surface area (Å²) in [6.45, 7) is 4.34. The molecular weight excluding hydrogens is 264 g/mol. The normalized spacial score (nSPS) is 27.6.